The Morgan fingerprint density at radius 2 is 1.70 bits per heavy atom. The first-order valence-corrected chi connectivity index (χ1v) is 11.7. The highest BCUT2D eigenvalue weighted by atomic mass is 16.5. The van der Waals surface area contributed by atoms with Gasteiger partial charge in [-0.25, -0.2) is 0 Å². The number of rotatable bonds is 8. The van der Waals surface area contributed by atoms with Gasteiger partial charge in [0.2, 0.25) is 0 Å². The molecular weight excluding hydrogens is 476 g/mol. The number of nitrogens with one attached hydrogen (secondary N) is 1. The lowest BCUT2D eigenvalue weighted by atomic mass is 10.1. The summed E-state index contributed by atoms with van der Waals surface area (Å²) in [5.74, 6) is 2.29. The Morgan fingerprint density at radius 1 is 0.973 bits per heavy atom. The fourth-order valence-electron chi connectivity index (χ4n) is 4.24. The molecule has 4 rings (SSSR count). The number of hydrogen-bond donors (Lipinski definition) is 1. The lowest BCUT2D eigenvalue weighted by Gasteiger charge is -2.24. The third-order valence-corrected chi connectivity index (χ3v) is 6.10. The smallest absolute Gasteiger partial charge is 0.263 e. The molecule has 1 aliphatic heterocycles. The van der Waals surface area contributed by atoms with Crippen LogP contribution >= 0.6 is 0 Å². The van der Waals surface area contributed by atoms with E-state index in [-0.39, 0.29) is 18.4 Å². The predicted molar refractivity (Wildman–Crippen MR) is 138 cm³/mol. The Kier molecular flexibility index (Phi) is 7.71. The molecule has 0 spiro atoms. The summed E-state index contributed by atoms with van der Waals surface area (Å²) in [6, 6.07) is 15.8. The number of carbonyl (C=O) groups is 2. The predicted octanol–water partition coefficient (Wildman–Crippen LogP) is 4.28. The van der Waals surface area contributed by atoms with E-state index in [0.29, 0.717) is 46.5 Å². The van der Waals surface area contributed by atoms with Gasteiger partial charge >= 0.3 is 0 Å². The van der Waals surface area contributed by atoms with Crippen LogP contribution in [0.1, 0.15) is 28.4 Å². The van der Waals surface area contributed by atoms with Crippen LogP contribution in [-0.4, -0.2) is 51.3 Å². The zero-order valence-electron chi connectivity index (χ0n) is 21.5. The maximum Gasteiger partial charge on any atom is 0.263 e. The minimum Gasteiger partial charge on any atom is -0.497 e. The molecule has 3 aromatic rings. The molecule has 0 saturated carbocycles. The SMILES string of the molecule is COc1cc(OC)cc(C(=O)Nc2ccc3c(c2)CN(Cc2cccc(OC)c2OC)C(=O)C(C)O3)c1. The summed E-state index contributed by atoms with van der Waals surface area (Å²) >= 11 is 0. The Balaban J connectivity index is 1.60. The average Bonchev–Trinajstić information content (AvgIpc) is 3.03. The van der Waals surface area contributed by atoms with Crippen LogP contribution in [0.25, 0.3) is 0 Å². The maximum atomic E-state index is 13.2. The van der Waals surface area contributed by atoms with Crippen molar-refractivity contribution in [1.29, 1.82) is 0 Å². The molecule has 3 aromatic carbocycles. The van der Waals surface area contributed by atoms with Crippen LogP contribution in [0.5, 0.6) is 28.7 Å². The van der Waals surface area contributed by atoms with E-state index in [1.54, 1.807) is 62.4 Å². The van der Waals surface area contributed by atoms with Crippen LogP contribution in [0.3, 0.4) is 0 Å². The van der Waals surface area contributed by atoms with Crippen molar-refractivity contribution in [2.45, 2.75) is 26.1 Å². The molecule has 0 radical (unpaired) electrons. The summed E-state index contributed by atoms with van der Waals surface area (Å²) in [5, 5.41) is 2.91. The van der Waals surface area contributed by atoms with Gasteiger partial charge in [-0.2, -0.15) is 0 Å². The van der Waals surface area contributed by atoms with Crippen LogP contribution in [0, 0.1) is 0 Å². The van der Waals surface area contributed by atoms with Gasteiger partial charge in [-0.1, -0.05) is 12.1 Å². The molecule has 0 fully saturated rings. The quantitative estimate of drug-likeness (QED) is 0.487. The number of para-hydroxylation sites is 1. The summed E-state index contributed by atoms with van der Waals surface area (Å²) in [4.78, 5) is 27.9. The summed E-state index contributed by atoms with van der Waals surface area (Å²) < 4.78 is 27.4. The fraction of sp³-hybridized carbons (Fsp3) is 0.286. The van der Waals surface area contributed by atoms with Gasteiger partial charge in [0.25, 0.3) is 11.8 Å². The van der Waals surface area contributed by atoms with Crippen molar-refractivity contribution in [3.05, 3.63) is 71.3 Å². The van der Waals surface area contributed by atoms with Crippen molar-refractivity contribution in [1.82, 2.24) is 4.90 Å². The standard InChI is InChI=1S/C28H30N2O7/c1-17-28(32)30(15-18-7-6-8-25(35-4)26(18)36-5)16-20-11-21(9-10-24(20)37-17)29-27(31)19-12-22(33-2)14-23(13-19)34-3/h6-14,17H,15-16H2,1-5H3,(H,29,31). The van der Waals surface area contributed by atoms with E-state index in [0.717, 1.165) is 11.1 Å². The summed E-state index contributed by atoms with van der Waals surface area (Å²) in [5.41, 5.74) is 2.52. The molecule has 9 heteroatoms. The Labute approximate surface area is 215 Å². The van der Waals surface area contributed by atoms with E-state index in [1.165, 1.54) is 14.2 Å². The van der Waals surface area contributed by atoms with E-state index in [2.05, 4.69) is 5.32 Å². The van der Waals surface area contributed by atoms with Crippen molar-refractivity contribution in [3.8, 4) is 28.7 Å². The average molecular weight is 507 g/mol. The molecule has 0 aliphatic carbocycles. The van der Waals surface area contributed by atoms with Gasteiger partial charge in [-0.3, -0.25) is 9.59 Å². The number of amides is 2. The molecule has 0 bridgehead atoms. The summed E-state index contributed by atoms with van der Waals surface area (Å²) in [6.07, 6.45) is -0.678. The highest BCUT2D eigenvalue weighted by Gasteiger charge is 2.29. The normalized spacial score (nSPS) is 14.7. The van der Waals surface area contributed by atoms with Gasteiger partial charge in [0.15, 0.2) is 17.6 Å². The van der Waals surface area contributed by atoms with Crippen molar-refractivity contribution in [2.75, 3.05) is 33.8 Å². The van der Waals surface area contributed by atoms with E-state index in [4.69, 9.17) is 23.7 Å². The van der Waals surface area contributed by atoms with Crippen LogP contribution in [-0.2, 0) is 17.9 Å². The summed E-state index contributed by atoms with van der Waals surface area (Å²) in [7, 11) is 6.19. The van der Waals surface area contributed by atoms with Crippen molar-refractivity contribution in [2.24, 2.45) is 0 Å². The first kappa shape index (κ1) is 25.7. The molecular formula is C28H30N2O7. The molecule has 2 amide bonds. The number of nitrogens with zero attached hydrogens (tertiary/aromatic N) is 1. The third-order valence-electron chi connectivity index (χ3n) is 6.10. The lowest BCUT2D eigenvalue weighted by Crippen LogP contribution is -2.37. The molecule has 1 unspecified atom stereocenters. The molecule has 37 heavy (non-hydrogen) atoms. The summed E-state index contributed by atoms with van der Waals surface area (Å²) in [6.45, 7) is 2.31. The van der Waals surface area contributed by atoms with E-state index < -0.39 is 6.10 Å². The molecule has 194 valence electrons. The number of carbonyl (C=O) groups excluding carboxylic acids is 2. The second kappa shape index (κ2) is 11.1. The molecule has 1 atom stereocenters. The Hall–Kier alpha value is -4.40. The second-order valence-electron chi connectivity index (χ2n) is 8.48. The Morgan fingerprint density at radius 3 is 2.35 bits per heavy atom. The van der Waals surface area contributed by atoms with Gasteiger partial charge in [0, 0.05) is 41.5 Å². The van der Waals surface area contributed by atoms with Gasteiger partial charge in [-0.05, 0) is 43.3 Å². The van der Waals surface area contributed by atoms with Crippen molar-refractivity contribution in [3.63, 3.8) is 0 Å². The van der Waals surface area contributed by atoms with E-state index in [9.17, 15) is 9.59 Å². The Bertz CT molecular complexity index is 1290. The van der Waals surface area contributed by atoms with E-state index in [1.807, 2.05) is 18.2 Å². The molecule has 0 aromatic heterocycles. The van der Waals surface area contributed by atoms with Gasteiger partial charge in [0.1, 0.15) is 17.2 Å². The van der Waals surface area contributed by atoms with Gasteiger partial charge < -0.3 is 33.9 Å². The number of hydrogen-bond acceptors (Lipinski definition) is 7. The highest BCUT2D eigenvalue weighted by molar-refractivity contribution is 6.05. The van der Waals surface area contributed by atoms with Crippen LogP contribution in [0.15, 0.2) is 54.6 Å². The fourth-order valence-corrected chi connectivity index (χ4v) is 4.24. The molecule has 1 N–H and O–H groups in total. The van der Waals surface area contributed by atoms with Crippen LogP contribution < -0.4 is 29.0 Å². The van der Waals surface area contributed by atoms with Crippen molar-refractivity contribution >= 4 is 17.5 Å². The number of ether oxygens (including phenoxy) is 5. The minimum absolute atomic E-state index is 0.157. The number of anilines is 1. The van der Waals surface area contributed by atoms with Gasteiger partial charge in [0.05, 0.1) is 28.4 Å². The molecule has 9 nitrogen and oxygen atoms in total. The van der Waals surface area contributed by atoms with Crippen LogP contribution in [0.2, 0.25) is 0 Å². The lowest BCUT2D eigenvalue weighted by molar-refractivity contribution is -0.138. The maximum absolute atomic E-state index is 13.2. The van der Waals surface area contributed by atoms with Crippen LogP contribution in [0.4, 0.5) is 5.69 Å². The minimum atomic E-state index is -0.678. The second-order valence-corrected chi connectivity index (χ2v) is 8.48. The molecule has 0 saturated heterocycles. The number of fused-ring (bicyclic) bond motifs is 1. The largest absolute Gasteiger partial charge is 0.497 e. The topological polar surface area (TPSA) is 95.6 Å². The molecule has 1 aliphatic rings. The number of benzene rings is 3. The highest BCUT2D eigenvalue weighted by Crippen LogP contribution is 2.34. The zero-order valence-corrected chi connectivity index (χ0v) is 21.5. The van der Waals surface area contributed by atoms with Gasteiger partial charge in [-0.15, -0.1) is 0 Å². The van der Waals surface area contributed by atoms with E-state index >= 15 is 0 Å². The third kappa shape index (κ3) is 5.55. The first-order valence-electron chi connectivity index (χ1n) is 11.7. The monoisotopic (exact) mass is 506 g/mol. The first-order chi connectivity index (χ1) is 17.9. The van der Waals surface area contributed by atoms with Crippen molar-refractivity contribution < 1.29 is 33.3 Å². The molecule has 1 heterocycles. The zero-order chi connectivity index (χ0) is 26.5. The number of methoxy groups -OCH3 is 4.